The third kappa shape index (κ3) is 19.6. The van der Waals surface area contributed by atoms with Crippen molar-refractivity contribution in [3.8, 4) is 111 Å². The number of benzene rings is 20. The quantitative estimate of drug-likeness (QED) is 0.0565. The van der Waals surface area contributed by atoms with Crippen LogP contribution in [-0.2, 0) is 19.3 Å². The smallest absolute Gasteiger partial charge is 0.0491 e. The highest BCUT2D eigenvalue weighted by Gasteiger charge is 2.23. The van der Waals surface area contributed by atoms with Gasteiger partial charge in [0.15, 0.2) is 0 Å². The lowest BCUT2D eigenvalue weighted by Crippen LogP contribution is -2.12. The Morgan fingerprint density at radius 3 is 0.444 bits per heavy atom. The number of nitrogens with zero attached hydrogens (tertiary/aromatic N) is 4. The highest BCUT2D eigenvalue weighted by Crippen LogP contribution is 2.46. The van der Waals surface area contributed by atoms with Gasteiger partial charge in [0.1, 0.15) is 0 Å². The van der Waals surface area contributed by atoms with Gasteiger partial charge in [-0.2, -0.15) is 0 Å². The average molecular weight is 1710 g/mol. The van der Waals surface area contributed by atoms with Gasteiger partial charge in [-0.3, -0.25) is 0 Å². The summed E-state index contributed by atoms with van der Waals surface area (Å²) in [5, 5.41) is 0. The second-order valence-electron chi connectivity index (χ2n) is 34.3. The van der Waals surface area contributed by atoms with Gasteiger partial charge in [0.2, 0.25) is 0 Å². The summed E-state index contributed by atoms with van der Waals surface area (Å²) < 4.78 is 0. The van der Waals surface area contributed by atoms with Crippen LogP contribution < -0.4 is 19.6 Å². The topological polar surface area (TPSA) is 13.0 Å². The van der Waals surface area contributed by atoms with Gasteiger partial charge in [0.05, 0.1) is 0 Å². The molecule has 4 heteroatoms. The van der Waals surface area contributed by atoms with Gasteiger partial charge in [-0.15, -0.1) is 0 Å². The van der Waals surface area contributed by atoms with E-state index in [1.54, 1.807) is 0 Å². The lowest BCUT2D eigenvalue weighted by Gasteiger charge is -2.28. The molecule has 0 N–H and O–H groups in total. The normalized spacial score (nSPS) is 11.0. The van der Waals surface area contributed by atoms with Crippen molar-refractivity contribution in [1.29, 1.82) is 0 Å². The maximum Gasteiger partial charge on any atom is 0.0491 e. The van der Waals surface area contributed by atoms with Crippen LogP contribution in [0, 0.1) is 20.8 Å². The number of aryl methyl sites for hydroxylation is 6. The van der Waals surface area contributed by atoms with Crippen LogP contribution in [0.2, 0.25) is 0 Å². The fourth-order valence-electron chi connectivity index (χ4n) is 18.0. The van der Waals surface area contributed by atoms with Crippen molar-refractivity contribution in [3.63, 3.8) is 0 Å². The van der Waals surface area contributed by atoms with E-state index in [0.717, 1.165) is 98.6 Å². The minimum absolute atomic E-state index is 1.04. The number of hydrogen-bond donors (Lipinski definition) is 0. The predicted octanol–water partition coefficient (Wildman–Crippen LogP) is 36.5. The molecule has 133 heavy (non-hydrogen) atoms. The Balaban J connectivity index is 0.000000173. The first-order valence-electron chi connectivity index (χ1n) is 46.5. The summed E-state index contributed by atoms with van der Waals surface area (Å²) in [7, 11) is 0. The van der Waals surface area contributed by atoms with Crippen LogP contribution in [-0.4, -0.2) is 0 Å². The third-order valence-corrected chi connectivity index (χ3v) is 25.7. The lowest BCUT2D eigenvalue weighted by atomic mass is 9.97. The molecule has 0 aliphatic carbocycles. The molecule has 0 saturated carbocycles. The summed E-state index contributed by atoms with van der Waals surface area (Å²) in [6.07, 6.45) is 3.11. The van der Waals surface area contributed by atoms with Gasteiger partial charge < -0.3 is 19.6 Å². The average Bonchev–Trinajstić information content (AvgIpc) is 0.806. The molecular formula is C129H106N4. The van der Waals surface area contributed by atoms with Crippen LogP contribution in [0.25, 0.3) is 111 Å². The van der Waals surface area contributed by atoms with Crippen molar-refractivity contribution in [2.75, 3.05) is 19.6 Å². The maximum atomic E-state index is 2.40. The molecule has 20 rings (SSSR count). The van der Waals surface area contributed by atoms with Gasteiger partial charge in [0, 0.05) is 68.2 Å². The van der Waals surface area contributed by atoms with Crippen LogP contribution in [0.1, 0.15) is 54.2 Å². The van der Waals surface area contributed by atoms with Crippen LogP contribution in [0.15, 0.2) is 497 Å². The molecule has 0 radical (unpaired) electrons. The Kier molecular flexibility index (Phi) is 25.9. The van der Waals surface area contributed by atoms with Crippen molar-refractivity contribution < 1.29 is 0 Å². The second kappa shape index (κ2) is 40.1. The number of hydrogen-bond acceptors (Lipinski definition) is 4. The summed E-state index contributed by atoms with van der Waals surface area (Å²) in [6, 6.07) is 181. The molecule has 20 aromatic rings. The Labute approximate surface area is 785 Å². The fraction of sp³-hybridized carbons (Fsp3) is 0.0698. The monoisotopic (exact) mass is 1710 g/mol. The van der Waals surface area contributed by atoms with E-state index in [2.05, 4.69) is 559 Å². The van der Waals surface area contributed by atoms with Gasteiger partial charge in [-0.1, -0.05) is 378 Å². The van der Waals surface area contributed by atoms with Gasteiger partial charge in [-0.05, 0) is 325 Å². The largest absolute Gasteiger partial charge is 0.311 e. The van der Waals surface area contributed by atoms with Crippen LogP contribution >= 0.6 is 0 Å². The van der Waals surface area contributed by atoms with E-state index in [9.17, 15) is 0 Å². The first-order chi connectivity index (χ1) is 65.5. The lowest BCUT2D eigenvalue weighted by molar-refractivity contribution is 1.14. The summed E-state index contributed by atoms with van der Waals surface area (Å²) in [4.78, 5) is 9.46. The minimum Gasteiger partial charge on any atom is -0.311 e. The summed E-state index contributed by atoms with van der Waals surface area (Å²) in [5.74, 6) is 0. The molecule has 0 heterocycles. The summed E-state index contributed by atoms with van der Waals surface area (Å²) in [5.41, 5.74) is 45.1. The van der Waals surface area contributed by atoms with E-state index in [4.69, 9.17) is 0 Å². The predicted molar refractivity (Wildman–Crippen MR) is 568 cm³/mol. The van der Waals surface area contributed by atoms with E-state index >= 15 is 0 Å². The van der Waals surface area contributed by atoms with Crippen molar-refractivity contribution in [3.05, 3.63) is 531 Å². The zero-order valence-electron chi connectivity index (χ0n) is 76.3. The highest BCUT2D eigenvalue weighted by atomic mass is 15.2. The van der Waals surface area contributed by atoms with E-state index in [0.29, 0.717) is 0 Å². The molecule has 0 amide bonds. The van der Waals surface area contributed by atoms with E-state index in [-0.39, 0.29) is 0 Å². The zero-order chi connectivity index (χ0) is 90.4. The molecule has 0 saturated heterocycles. The zero-order valence-corrected chi connectivity index (χ0v) is 76.3. The van der Waals surface area contributed by atoms with Gasteiger partial charge in [-0.25, -0.2) is 0 Å². The Hall–Kier alpha value is -16.4. The molecular weight excluding hydrogens is 1610 g/mol. The fourth-order valence-corrected chi connectivity index (χ4v) is 18.0. The van der Waals surface area contributed by atoms with Crippen molar-refractivity contribution in [2.45, 2.75) is 60.8 Å². The SMILES string of the molecule is CCc1ccc(-c2ccc(N(c3ccc(-c4ccc(C)cc4)cc3)c3ccc(-c4ccc(N(c5ccc(-c6ccc(CC)cc6)cc5)c5ccc(-c6ccc(CC)cc6)cc5)c(C)c4)cc3C)cc2)cc1.c1ccc(-c2ccc(N(c3ccc(-c4ccccc4)cc3)c3ccc(-c4ccc(N(c5ccc(-c6ccccc6)cc5)c5ccc(-c6ccccc6)cc5)cc4)cc3)cc2)cc1. The Morgan fingerprint density at radius 1 is 0.135 bits per heavy atom. The molecule has 20 aromatic carbocycles. The Morgan fingerprint density at radius 2 is 0.278 bits per heavy atom. The third-order valence-electron chi connectivity index (χ3n) is 25.7. The van der Waals surface area contributed by atoms with E-state index in [1.807, 2.05) is 0 Å². The summed E-state index contributed by atoms with van der Waals surface area (Å²) in [6.45, 7) is 13.2. The molecule has 0 unspecified atom stereocenters. The van der Waals surface area contributed by atoms with Crippen molar-refractivity contribution >= 4 is 68.2 Å². The molecule has 0 spiro atoms. The highest BCUT2D eigenvalue weighted by molar-refractivity contribution is 5.89. The van der Waals surface area contributed by atoms with Crippen LogP contribution in [0.4, 0.5) is 68.2 Å². The molecule has 4 nitrogen and oxygen atoms in total. The molecule has 642 valence electrons. The second-order valence-corrected chi connectivity index (χ2v) is 34.3. The molecule has 0 aliphatic rings. The van der Waals surface area contributed by atoms with Crippen molar-refractivity contribution in [1.82, 2.24) is 0 Å². The molecule has 0 bridgehead atoms. The van der Waals surface area contributed by atoms with E-state index < -0.39 is 0 Å². The van der Waals surface area contributed by atoms with Gasteiger partial charge in [0.25, 0.3) is 0 Å². The standard InChI is InChI=1S/C69H62N2.C60H44N2/c1-7-51-12-20-55(21-13-51)59-28-38-65(39-29-59)70(64-36-26-58(27-37-64)54-18-10-48(4)11-19-54)68-44-34-62(46-49(68)5)63-35-45-69(50(6)47-63)71(66-40-30-60(31-41-66)56-22-14-52(8-2)15-23-56)67-42-32-61(33-43-67)57-24-16-53(9-3)17-25-57;1-5-13-45(14-6-1)49-21-33-55(34-22-49)61(56-35-23-50(24-36-56)46-15-7-2-8-16-46)59-41-29-53(30-42-59)54-31-43-60(44-32-54)62(57-37-25-51(26-38-57)47-17-9-3-10-18-47)58-39-27-52(28-40-58)48-19-11-4-12-20-48/h10-47H,7-9H2,1-6H3;1-44H. The first-order valence-corrected chi connectivity index (χ1v) is 46.5. The summed E-state index contributed by atoms with van der Waals surface area (Å²) >= 11 is 0. The first kappa shape index (κ1) is 86.0. The number of rotatable bonds is 25. The van der Waals surface area contributed by atoms with Crippen LogP contribution in [0.5, 0.6) is 0 Å². The molecule has 0 fully saturated rings. The minimum atomic E-state index is 1.04. The van der Waals surface area contributed by atoms with Crippen LogP contribution in [0.3, 0.4) is 0 Å². The molecule has 0 aliphatic heterocycles. The number of anilines is 12. The van der Waals surface area contributed by atoms with Crippen molar-refractivity contribution in [2.24, 2.45) is 0 Å². The maximum absolute atomic E-state index is 2.40. The van der Waals surface area contributed by atoms with E-state index in [1.165, 1.54) is 134 Å². The Bertz CT molecular complexity index is 6750. The molecule has 0 aromatic heterocycles. The molecule has 0 atom stereocenters. The van der Waals surface area contributed by atoms with Gasteiger partial charge >= 0.3 is 0 Å².